The Balaban J connectivity index is 2.87. The molecule has 0 N–H and O–H groups in total. The Morgan fingerprint density at radius 2 is 2.40 bits per heavy atom. The molecule has 2 nitrogen and oxygen atoms in total. The van der Waals surface area contributed by atoms with Crippen LogP contribution < -0.4 is 0 Å². The lowest BCUT2D eigenvalue weighted by atomic mass is 10.4. The van der Waals surface area contributed by atoms with Crippen LogP contribution in [0.5, 0.6) is 0 Å². The van der Waals surface area contributed by atoms with Crippen LogP contribution in [0.4, 0.5) is 0 Å². The molecule has 0 atom stereocenters. The van der Waals surface area contributed by atoms with Crippen molar-refractivity contribution in [3.63, 3.8) is 0 Å². The molecular formula is C7H11N2S. The monoisotopic (exact) mass is 155 g/mol. The van der Waals surface area contributed by atoms with Crippen LogP contribution in [0.1, 0.15) is 12.5 Å². The minimum atomic E-state index is 1.09. The van der Waals surface area contributed by atoms with Crippen molar-refractivity contribution in [1.29, 1.82) is 0 Å². The van der Waals surface area contributed by atoms with E-state index in [9.17, 15) is 0 Å². The first-order chi connectivity index (χ1) is 4.75. The second-order valence-corrected chi connectivity index (χ2v) is 3.35. The zero-order valence-electron chi connectivity index (χ0n) is 6.51. The summed E-state index contributed by atoms with van der Waals surface area (Å²) in [4.78, 5) is 0. The van der Waals surface area contributed by atoms with Gasteiger partial charge in [0.05, 0.1) is 5.03 Å². The van der Waals surface area contributed by atoms with Gasteiger partial charge in [-0.05, 0) is 12.7 Å². The van der Waals surface area contributed by atoms with E-state index in [1.807, 2.05) is 18.7 Å². The maximum atomic E-state index is 4.01. The summed E-state index contributed by atoms with van der Waals surface area (Å²) in [7, 11) is 1.95. The van der Waals surface area contributed by atoms with Gasteiger partial charge in [-0.3, -0.25) is 4.68 Å². The molecule has 0 saturated heterocycles. The summed E-state index contributed by atoms with van der Waals surface area (Å²) in [6.45, 7) is 4.17. The molecule has 0 aliphatic carbocycles. The third kappa shape index (κ3) is 1.34. The van der Waals surface area contributed by atoms with Crippen molar-refractivity contribution >= 4 is 11.8 Å². The van der Waals surface area contributed by atoms with Crippen molar-refractivity contribution in [1.82, 2.24) is 9.78 Å². The predicted octanol–water partition coefficient (Wildman–Crippen LogP) is 1.64. The fraction of sp³-hybridized carbons (Fsp3) is 0.571. The van der Waals surface area contributed by atoms with Gasteiger partial charge in [0.15, 0.2) is 0 Å². The summed E-state index contributed by atoms with van der Waals surface area (Å²) in [5.74, 6) is 1.09. The summed E-state index contributed by atoms with van der Waals surface area (Å²) in [6.07, 6.45) is 2.91. The van der Waals surface area contributed by atoms with Crippen LogP contribution >= 0.6 is 11.8 Å². The van der Waals surface area contributed by atoms with Crippen LogP contribution in [-0.2, 0) is 7.05 Å². The molecule has 0 spiro atoms. The number of aromatic nitrogens is 2. The first-order valence-corrected chi connectivity index (χ1v) is 4.28. The molecule has 1 rings (SSSR count). The van der Waals surface area contributed by atoms with E-state index in [4.69, 9.17) is 0 Å². The summed E-state index contributed by atoms with van der Waals surface area (Å²) < 4.78 is 1.86. The molecule has 0 aliphatic rings. The second-order valence-electron chi connectivity index (χ2n) is 2.10. The van der Waals surface area contributed by atoms with E-state index in [1.165, 1.54) is 5.03 Å². The summed E-state index contributed by atoms with van der Waals surface area (Å²) >= 11 is 1.80. The lowest BCUT2D eigenvalue weighted by molar-refractivity contribution is 0.695. The molecule has 0 fully saturated rings. The zero-order valence-corrected chi connectivity index (χ0v) is 7.33. The maximum absolute atomic E-state index is 4.01. The molecule has 1 heterocycles. The van der Waals surface area contributed by atoms with E-state index >= 15 is 0 Å². The Labute approximate surface area is 65.6 Å². The fourth-order valence-electron chi connectivity index (χ4n) is 0.824. The molecule has 10 heavy (non-hydrogen) atoms. The van der Waals surface area contributed by atoms with Gasteiger partial charge in [-0.2, -0.15) is 5.10 Å². The molecule has 3 heteroatoms. The van der Waals surface area contributed by atoms with Crippen LogP contribution in [0.25, 0.3) is 0 Å². The molecule has 1 radical (unpaired) electrons. The van der Waals surface area contributed by atoms with Crippen LogP contribution in [0.3, 0.4) is 0 Å². The van der Waals surface area contributed by atoms with Gasteiger partial charge < -0.3 is 0 Å². The number of hydrogen-bond acceptors (Lipinski definition) is 2. The number of aryl methyl sites for hydroxylation is 2. The van der Waals surface area contributed by atoms with Crippen LogP contribution in [-0.4, -0.2) is 15.5 Å². The van der Waals surface area contributed by atoms with E-state index in [0.29, 0.717) is 0 Å². The van der Waals surface area contributed by atoms with Crippen molar-refractivity contribution < 1.29 is 0 Å². The minimum Gasteiger partial charge on any atom is -0.261 e. The highest BCUT2D eigenvalue weighted by atomic mass is 32.2. The highest BCUT2D eigenvalue weighted by molar-refractivity contribution is 7.99. The third-order valence-corrected chi connectivity index (χ3v) is 2.40. The maximum Gasteiger partial charge on any atom is 0.117 e. The molecular weight excluding hydrogens is 144 g/mol. The van der Waals surface area contributed by atoms with Gasteiger partial charge in [0.2, 0.25) is 0 Å². The van der Waals surface area contributed by atoms with Crippen molar-refractivity contribution in [2.45, 2.75) is 18.9 Å². The Morgan fingerprint density at radius 1 is 1.70 bits per heavy atom. The first-order valence-electron chi connectivity index (χ1n) is 3.29. The Morgan fingerprint density at radius 3 is 2.80 bits per heavy atom. The van der Waals surface area contributed by atoms with Gasteiger partial charge in [-0.15, -0.1) is 11.8 Å². The SMILES string of the molecule is CCSc1c(C)[c]nn1C. The average Bonchev–Trinajstić information content (AvgIpc) is 2.20. The fourth-order valence-corrected chi connectivity index (χ4v) is 1.59. The number of thioether (sulfide) groups is 1. The quantitative estimate of drug-likeness (QED) is 0.604. The van der Waals surface area contributed by atoms with E-state index < -0.39 is 0 Å². The van der Waals surface area contributed by atoms with Gasteiger partial charge in [0.25, 0.3) is 0 Å². The van der Waals surface area contributed by atoms with E-state index in [0.717, 1.165) is 11.3 Å². The molecule has 1 aromatic heterocycles. The Bertz CT molecular complexity index is 198. The standard InChI is InChI=1S/C7H11N2S/c1-4-10-7-6(2)5-8-9(7)3/h4H2,1-3H3. The van der Waals surface area contributed by atoms with Crippen molar-refractivity contribution in [2.75, 3.05) is 5.75 Å². The predicted molar refractivity (Wildman–Crippen MR) is 43.2 cm³/mol. The van der Waals surface area contributed by atoms with Crippen LogP contribution in [0.2, 0.25) is 0 Å². The van der Waals surface area contributed by atoms with Crippen molar-refractivity contribution in [3.05, 3.63) is 11.8 Å². The van der Waals surface area contributed by atoms with Gasteiger partial charge in [0, 0.05) is 12.6 Å². The molecule has 0 bridgehead atoms. The zero-order chi connectivity index (χ0) is 7.56. The van der Waals surface area contributed by atoms with Gasteiger partial charge in [0.1, 0.15) is 6.20 Å². The highest BCUT2D eigenvalue weighted by Gasteiger charge is 2.02. The Kier molecular flexibility index (Phi) is 2.38. The molecule has 0 amide bonds. The first kappa shape index (κ1) is 7.66. The van der Waals surface area contributed by atoms with E-state index in [2.05, 4.69) is 18.2 Å². The van der Waals surface area contributed by atoms with Crippen LogP contribution in [0, 0.1) is 13.1 Å². The minimum absolute atomic E-state index is 1.09. The van der Waals surface area contributed by atoms with Gasteiger partial charge in [-0.1, -0.05) is 6.92 Å². The lowest BCUT2D eigenvalue weighted by Gasteiger charge is -1.98. The molecule has 0 unspecified atom stereocenters. The lowest BCUT2D eigenvalue weighted by Crippen LogP contribution is -1.92. The van der Waals surface area contributed by atoms with E-state index in [-0.39, 0.29) is 0 Å². The summed E-state index contributed by atoms with van der Waals surface area (Å²) in [5.41, 5.74) is 1.15. The van der Waals surface area contributed by atoms with Crippen molar-refractivity contribution in [3.8, 4) is 0 Å². The van der Waals surface area contributed by atoms with Crippen LogP contribution in [0.15, 0.2) is 5.03 Å². The van der Waals surface area contributed by atoms with E-state index in [1.54, 1.807) is 11.8 Å². The second kappa shape index (κ2) is 3.10. The molecule has 55 valence electrons. The third-order valence-electron chi connectivity index (χ3n) is 1.26. The molecule has 0 aromatic carbocycles. The Hall–Kier alpha value is -0.440. The molecule has 1 aromatic rings. The van der Waals surface area contributed by atoms with Gasteiger partial charge >= 0.3 is 0 Å². The normalized spacial score (nSPS) is 10.3. The molecule has 0 aliphatic heterocycles. The number of rotatable bonds is 2. The summed E-state index contributed by atoms with van der Waals surface area (Å²) in [5, 5.41) is 5.23. The summed E-state index contributed by atoms with van der Waals surface area (Å²) in [6, 6.07) is 0. The largest absolute Gasteiger partial charge is 0.261 e. The average molecular weight is 155 g/mol. The highest BCUT2D eigenvalue weighted by Crippen LogP contribution is 2.19. The smallest absolute Gasteiger partial charge is 0.117 e. The molecule has 0 saturated carbocycles. The topological polar surface area (TPSA) is 17.8 Å². The number of hydrogen-bond donors (Lipinski definition) is 0. The van der Waals surface area contributed by atoms with Gasteiger partial charge in [-0.25, -0.2) is 0 Å². The number of nitrogens with zero attached hydrogens (tertiary/aromatic N) is 2. The van der Waals surface area contributed by atoms with Crippen molar-refractivity contribution in [2.24, 2.45) is 7.05 Å².